The molecule has 1 heterocycles. The Morgan fingerprint density at radius 1 is 1.23 bits per heavy atom. The second-order valence-electron chi connectivity index (χ2n) is 5.36. The molecule has 1 unspecified atom stereocenters. The Bertz CT molecular complexity index is 610. The third-order valence-corrected chi connectivity index (χ3v) is 4.80. The number of hydrogen-bond donors (Lipinski definition) is 2. The SMILES string of the molecule is CN=C(NCc1cccs1)NC1CCc2ccccc2C1.I. The molecule has 3 nitrogen and oxygen atoms in total. The number of halogens is 1. The zero-order valence-corrected chi connectivity index (χ0v) is 15.9. The largest absolute Gasteiger partial charge is 0.353 e. The number of guanidine groups is 1. The summed E-state index contributed by atoms with van der Waals surface area (Å²) in [5.74, 6) is 0.896. The first-order valence-electron chi connectivity index (χ1n) is 7.41. The van der Waals surface area contributed by atoms with Crippen molar-refractivity contribution < 1.29 is 0 Å². The van der Waals surface area contributed by atoms with E-state index in [4.69, 9.17) is 0 Å². The van der Waals surface area contributed by atoms with Gasteiger partial charge in [-0.05, 0) is 41.8 Å². The van der Waals surface area contributed by atoms with E-state index in [0.29, 0.717) is 6.04 Å². The first-order valence-corrected chi connectivity index (χ1v) is 8.29. The fraction of sp³-hybridized carbons (Fsp3) is 0.353. The van der Waals surface area contributed by atoms with Gasteiger partial charge < -0.3 is 10.6 Å². The Morgan fingerprint density at radius 3 is 2.77 bits per heavy atom. The second kappa shape index (κ2) is 8.53. The van der Waals surface area contributed by atoms with Crippen LogP contribution in [0.2, 0.25) is 0 Å². The summed E-state index contributed by atoms with van der Waals surface area (Å²) in [6, 6.07) is 13.4. The molecule has 0 saturated carbocycles. The Morgan fingerprint density at radius 2 is 2.05 bits per heavy atom. The predicted octanol–water partition coefficient (Wildman–Crippen LogP) is 3.59. The molecule has 0 amide bonds. The van der Waals surface area contributed by atoms with E-state index in [0.717, 1.165) is 31.8 Å². The van der Waals surface area contributed by atoms with Crippen molar-refractivity contribution in [3.05, 3.63) is 57.8 Å². The van der Waals surface area contributed by atoms with E-state index in [9.17, 15) is 0 Å². The first-order chi connectivity index (χ1) is 10.3. The summed E-state index contributed by atoms with van der Waals surface area (Å²) in [4.78, 5) is 5.66. The van der Waals surface area contributed by atoms with Crippen LogP contribution in [0.3, 0.4) is 0 Å². The highest BCUT2D eigenvalue weighted by Gasteiger charge is 2.18. The minimum Gasteiger partial charge on any atom is -0.353 e. The van der Waals surface area contributed by atoms with Crippen LogP contribution in [0.15, 0.2) is 46.8 Å². The van der Waals surface area contributed by atoms with E-state index in [1.54, 1.807) is 11.3 Å². The fourth-order valence-electron chi connectivity index (χ4n) is 2.79. The zero-order chi connectivity index (χ0) is 14.5. The highest BCUT2D eigenvalue weighted by molar-refractivity contribution is 14.0. The average Bonchev–Trinajstić information content (AvgIpc) is 3.04. The Balaban J connectivity index is 0.00000176. The summed E-state index contributed by atoms with van der Waals surface area (Å²) in [5, 5.41) is 9.05. The number of nitrogens with one attached hydrogen (secondary N) is 2. The minimum absolute atomic E-state index is 0. The number of aryl methyl sites for hydroxylation is 1. The topological polar surface area (TPSA) is 36.4 Å². The molecule has 0 bridgehead atoms. The number of thiophene rings is 1. The molecule has 1 aromatic carbocycles. The van der Waals surface area contributed by atoms with Crippen molar-refractivity contribution in [1.82, 2.24) is 10.6 Å². The summed E-state index contributed by atoms with van der Waals surface area (Å²) in [6.45, 7) is 0.834. The molecule has 5 heteroatoms. The molecular formula is C17H22IN3S. The van der Waals surface area contributed by atoms with Gasteiger partial charge in [-0.25, -0.2) is 0 Å². The van der Waals surface area contributed by atoms with Gasteiger partial charge in [-0.3, -0.25) is 4.99 Å². The molecular weight excluding hydrogens is 405 g/mol. The first kappa shape index (κ1) is 17.3. The highest BCUT2D eigenvalue weighted by atomic mass is 127. The van der Waals surface area contributed by atoms with E-state index >= 15 is 0 Å². The fourth-order valence-corrected chi connectivity index (χ4v) is 3.44. The third-order valence-electron chi connectivity index (χ3n) is 3.92. The third kappa shape index (κ3) is 4.46. The van der Waals surface area contributed by atoms with Crippen LogP contribution >= 0.6 is 35.3 Å². The molecule has 2 N–H and O–H groups in total. The lowest BCUT2D eigenvalue weighted by molar-refractivity contribution is 0.521. The summed E-state index contributed by atoms with van der Waals surface area (Å²) in [5.41, 5.74) is 2.96. The summed E-state index contributed by atoms with van der Waals surface area (Å²) < 4.78 is 0. The molecule has 3 rings (SSSR count). The lowest BCUT2D eigenvalue weighted by Gasteiger charge is -2.27. The zero-order valence-electron chi connectivity index (χ0n) is 12.7. The van der Waals surface area contributed by atoms with Crippen LogP contribution in [0, 0.1) is 0 Å². The normalized spacial score (nSPS) is 17.3. The van der Waals surface area contributed by atoms with Crippen LogP contribution in [0.4, 0.5) is 0 Å². The van der Waals surface area contributed by atoms with Gasteiger partial charge in [-0.15, -0.1) is 35.3 Å². The van der Waals surface area contributed by atoms with Crippen molar-refractivity contribution in [1.29, 1.82) is 0 Å². The molecule has 0 saturated heterocycles. The number of aliphatic imine (C=N–C) groups is 1. The van der Waals surface area contributed by atoms with Crippen molar-refractivity contribution in [2.75, 3.05) is 7.05 Å². The number of rotatable bonds is 3. The molecule has 1 aliphatic carbocycles. The molecule has 1 aromatic heterocycles. The van der Waals surface area contributed by atoms with E-state index in [-0.39, 0.29) is 24.0 Å². The van der Waals surface area contributed by atoms with Gasteiger partial charge in [0.25, 0.3) is 0 Å². The number of fused-ring (bicyclic) bond motifs is 1. The van der Waals surface area contributed by atoms with Crippen LogP contribution in [0.5, 0.6) is 0 Å². The van der Waals surface area contributed by atoms with Gasteiger partial charge in [0.15, 0.2) is 5.96 Å². The van der Waals surface area contributed by atoms with Crippen LogP contribution in [0.1, 0.15) is 22.4 Å². The Labute approximate surface area is 153 Å². The number of benzene rings is 1. The van der Waals surface area contributed by atoms with Gasteiger partial charge >= 0.3 is 0 Å². The van der Waals surface area contributed by atoms with Gasteiger partial charge in [0.1, 0.15) is 0 Å². The second-order valence-corrected chi connectivity index (χ2v) is 6.39. The van der Waals surface area contributed by atoms with E-state index in [1.807, 2.05) is 7.05 Å². The summed E-state index contributed by atoms with van der Waals surface area (Å²) in [6.07, 6.45) is 3.39. The molecule has 0 aliphatic heterocycles. The maximum atomic E-state index is 4.34. The van der Waals surface area contributed by atoms with Gasteiger partial charge in [0.2, 0.25) is 0 Å². The maximum Gasteiger partial charge on any atom is 0.191 e. The van der Waals surface area contributed by atoms with Crippen molar-refractivity contribution in [3.8, 4) is 0 Å². The quantitative estimate of drug-likeness (QED) is 0.446. The van der Waals surface area contributed by atoms with Crippen molar-refractivity contribution in [2.45, 2.75) is 31.8 Å². The maximum absolute atomic E-state index is 4.34. The highest BCUT2D eigenvalue weighted by Crippen LogP contribution is 2.20. The average molecular weight is 427 g/mol. The molecule has 1 atom stereocenters. The number of hydrogen-bond acceptors (Lipinski definition) is 2. The predicted molar refractivity (Wildman–Crippen MR) is 105 cm³/mol. The molecule has 1 aliphatic rings. The Kier molecular flexibility index (Phi) is 6.70. The van der Waals surface area contributed by atoms with E-state index < -0.39 is 0 Å². The monoisotopic (exact) mass is 427 g/mol. The standard InChI is InChI=1S/C17H21N3S.HI/c1-18-17(19-12-16-7-4-10-21-16)20-15-9-8-13-5-2-3-6-14(13)11-15;/h2-7,10,15H,8-9,11-12H2,1H3,(H2,18,19,20);1H. The van der Waals surface area contributed by atoms with Gasteiger partial charge in [0, 0.05) is 18.0 Å². The smallest absolute Gasteiger partial charge is 0.191 e. The molecule has 2 aromatic rings. The summed E-state index contributed by atoms with van der Waals surface area (Å²) >= 11 is 1.77. The van der Waals surface area contributed by atoms with Crippen molar-refractivity contribution in [3.63, 3.8) is 0 Å². The molecule has 22 heavy (non-hydrogen) atoms. The van der Waals surface area contributed by atoms with Gasteiger partial charge in [0.05, 0.1) is 6.54 Å². The van der Waals surface area contributed by atoms with Crippen LogP contribution in [-0.2, 0) is 19.4 Å². The summed E-state index contributed by atoms with van der Waals surface area (Å²) in [7, 11) is 1.83. The van der Waals surface area contributed by atoms with Crippen LogP contribution in [0.25, 0.3) is 0 Å². The van der Waals surface area contributed by atoms with E-state index in [2.05, 4.69) is 57.4 Å². The molecule has 0 fully saturated rings. The van der Waals surface area contributed by atoms with Crippen LogP contribution in [-0.4, -0.2) is 19.0 Å². The van der Waals surface area contributed by atoms with Crippen molar-refractivity contribution >= 4 is 41.3 Å². The lowest BCUT2D eigenvalue weighted by Crippen LogP contribution is -2.45. The lowest BCUT2D eigenvalue weighted by atomic mass is 9.88. The molecule has 118 valence electrons. The Hall–Kier alpha value is -1.08. The number of nitrogens with zero attached hydrogens (tertiary/aromatic N) is 1. The van der Waals surface area contributed by atoms with E-state index in [1.165, 1.54) is 16.0 Å². The minimum atomic E-state index is 0. The van der Waals surface area contributed by atoms with Gasteiger partial charge in [-0.1, -0.05) is 30.3 Å². The molecule has 0 spiro atoms. The van der Waals surface area contributed by atoms with Crippen molar-refractivity contribution in [2.24, 2.45) is 4.99 Å². The van der Waals surface area contributed by atoms with Gasteiger partial charge in [-0.2, -0.15) is 0 Å². The van der Waals surface area contributed by atoms with Crippen LogP contribution < -0.4 is 10.6 Å². The molecule has 0 radical (unpaired) electrons.